The molecule has 1 saturated carbocycles. The van der Waals surface area contributed by atoms with Crippen LogP contribution in [0.3, 0.4) is 0 Å². The van der Waals surface area contributed by atoms with Gasteiger partial charge in [0.15, 0.2) is 0 Å². The monoisotopic (exact) mass is 247 g/mol. The van der Waals surface area contributed by atoms with Crippen LogP contribution in [0.4, 0.5) is 5.69 Å². The van der Waals surface area contributed by atoms with E-state index in [4.69, 9.17) is 5.73 Å². The van der Waals surface area contributed by atoms with Crippen LogP contribution in [-0.4, -0.2) is 30.1 Å². The van der Waals surface area contributed by atoms with Gasteiger partial charge in [-0.3, -0.25) is 4.90 Å². The molecule has 0 aliphatic heterocycles. The van der Waals surface area contributed by atoms with Crippen LogP contribution >= 0.6 is 0 Å². The van der Waals surface area contributed by atoms with Crippen LogP contribution in [0.25, 0.3) is 0 Å². The molecule has 1 aromatic rings. The molecule has 0 aromatic heterocycles. The van der Waals surface area contributed by atoms with Gasteiger partial charge in [-0.1, -0.05) is 26.0 Å². The van der Waals surface area contributed by atoms with Crippen molar-refractivity contribution in [2.24, 2.45) is 5.73 Å². The summed E-state index contributed by atoms with van der Waals surface area (Å²) in [6, 6.07) is 9.73. The van der Waals surface area contributed by atoms with Crippen molar-refractivity contribution in [3.8, 4) is 0 Å². The molecule has 0 unspecified atom stereocenters. The predicted molar refractivity (Wildman–Crippen MR) is 77.7 cm³/mol. The Balaban J connectivity index is 1.92. The molecule has 1 fully saturated rings. The van der Waals surface area contributed by atoms with Gasteiger partial charge in [0.2, 0.25) is 0 Å². The van der Waals surface area contributed by atoms with E-state index in [1.807, 2.05) is 0 Å². The normalized spacial score (nSPS) is 22.9. The summed E-state index contributed by atoms with van der Waals surface area (Å²) in [5.74, 6) is 0. The SMILES string of the molecule is CCN(CC)Cc1cccc(NC2CC(N)C2)c1. The Bertz CT molecular complexity index is 368. The molecule has 0 spiro atoms. The first-order chi connectivity index (χ1) is 8.71. The van der Waals surface area contributed by atoms with Gasteiger partial charge in [-0.25, -0.2) is 0 Å². The van der Waals surface area contributed by atoms with E-state index in [0.717, 1.165) is 32.5 Å². The first-order valence-corrected chi connectivity index (χ1v) is 7.04. The highest BCUT2D eigenvalue weighted by Crippen LogP contribution is 2.23. The molecule has 1 aromatic carbocycles. The third-order valence-corrected chi connectivity index (χ3v) is 3.77. The molecular weight excluding hydrogens is 222 g/mol. The maximum atomic E-state index is 5.81. The number of nitrogens with zero attached hydrogens (tertiary/aromatic N) is 1. The lowest BCUT2D eigenvalue weighted by atomic mass is 9.87. The van der Waals surface area contributed by atoms with Gasteiger partial charge in [0.25, 0.3) is 0 Å². The van der Waals surface area contributed by atoms with Crippen molar-refractivity contribution in [3.63, 3.8) is 0 Å². The van der Waals surface area contributed by atoms with E-state index >= 15 is 0 Å². The Morgan fingerprint density at radius 3 is 2.61 bits per heavy atom. The maximum Gasteiger partial charge on any atom is 0.0345 e. The number of hydrogen-bond acceptors (Lipinski definition) is 3. The van der Waals surface area contributed by atoms with Crippen LogP contribution in [0, 0.1) is 0 Å². The summed E-state index contributed by atoms with van der Waals surface area (Å²) < 4.78 is 0. The van der Waals surface area contributed by atoms with Crippen LogP contribution in [0.2, 0.25) is 0 Å². The molecule has 2 rings (SSSR count). The molecule has 1 aliphatic rings. The van der Waals surface area contributed by atoms with Crippen molar-refractivity contribution in [2.45, 2.75) is 45.3 Å². The van der Waals surface area contributed by atoms with Gasteiger partial charge in [0.1, 0.15) is 0 Å². The minimum Gasteiger partial charge on any atom is -0.382 e. The highest BCUT2D eigenvalue weighted by Gasteiger charge is 2.25. The molecule has 0 saturated heterocycles. The fraction of sp³-hybridized carbons (Fsp3) is 0.600. The highest BCUT2D eigenvalue weighted by atomic mass is 15.1. The highest BCUT2D eigenvalue weighted by molar-refractivity contribution is 5.47. The van der Waals surface area contributed by atoms with Gasteiger partial charge < -0.3 is 11.1 Å². The Hall–Kier alpha value is -1.06. The molecule has 0 radical (unpaired) electrons. The van der Waals surface area contributed by atoms with E-state index in [1.54, 1.807) is 0 Å². The van der Waals surface area contributed by atoms with Crippen molar-refractivity contribution in [3.05, 3.63) is 29.8 Å². The number of nitrogens with two attached hydrogens (primary N) is 1. The number of benzene rings is 1. The van der Waals surface area contributed by atoms with Crippen LogP contribution in [0.15, 0.2) is 24.3 Å². The summed E-state index contributed by atoms with van der Waals surface area (Å²) >= 11 is 0. The Kier molecular flexibility index (Phi) is 4.61. The Labute approximate surface area is 110 Å². The van der Waals surface area contributed by atoms with Crippen LogP contribution in [-0.2, 0) is 6.54 Å². The predicted octanol–water partition coefficient (Wildman–Crippen LogP) is 2.43. The molecule has 1 aliphatic carbocycles. The fourth-order valence-electron chi connectivity index (χ4n) is 2.48. The van der Waals surface area contributed by atoms with E-state index in [-0.39, 0.29) is 0 Å². The topological polar surface area (TPSA) is 41.3 Å². The molecule has 3 nitrogen and oxygen atoms in total. The third-order valence-electron chi connectivity index (χ3n) is 3.77. The Morgan fingerprint density at radius 2 is 2.00 bits per heavy atom. The smallest absolute Gasteiger partial charge is 0.0345 e. The molecule has 0 atom stereocenters. The van der Waals surface area contributed by atoms with Crippen molar-refractivity contribution >= 4 is 5.69 Å². The van der Waals surface area contributed by atoms with Crippen molar-refractivity contribution < 1.29 is 0 Å². The number of rotatable bonds is 6. The minimum atomic E-state index is 0.404. The molecule has 0 amide bonds. The van der Waals surface area contributed by atoms with Gasteiger partial charge in [0, 0.05) is 24.3 Å². The van der Waals surface area contributed by atoms with Crippen LogP contribution in [0.5, 0.6) is 0 Å². The summed E-state index contributed by atoms with van der Waals surface area (Å²) in [6.07, 6.45) is 2.19. The molecule has 100 valence electrons. The number of anilines is 1. The van der Waals surface area contributed by atoms with E-state index in [9.17, 15) is 0 Å². The van der Waals surface area contributed by atoms with Crippen LogP contribution < -0.4 is 11.1 Å². The van der Waals surface area contributed by atoms with Crippen molar-refractivity contribution in [1.29, 1.82) is 0 Å². The molecule has 3 N–H and O–H groups in total. The zero-order valence-electron chi connectivity index (χ0n) is 11.5. The minimum absolute atomic E-state index is 0.404. The quantitative estimate of drug-likeness (QED) is 0.811. The molecule has 0 heterocycles. The first kappa shape index (κ1) is 13.4. The summed E-state index contributed by atoms with van der Waals surface area (Å²) in [7, 11) is 0. The second kappa shape index (κ2) is 6.21. The van der Waals surface area contributed by atoms with Gasteiger partial charge in [-0.05, 0) is 43.6 Å². The van der Waals surface area contributed by atoms with Crippen molar-refractivity contribution in [2.75, 3.05) is 18.4 Å². The summed E-state index contributed by atoms with van der Waals surface area (Å²) in [5, 5.41) is 3.56. The average molecular weight is 247 g/mol. The first-order valence-electron chi connectivity index (χ1n) is 7.04. The number of hydrogen-bond donors (Lipinski definition) is 2. The fourth-order valence-corrected chi connectivity index (χ4v) is 2.48. The standard InChI is InChI=1S/C15H25N3/c1-3-18(4-2)11-12-6-5-7-14(8-12)17-15-9-13(16)10-15/h5-8,13,15,17H,3-4,9-11,16H2,1-2H3. The molecule has 18 heavy (non-hydrogen) atoms. The van der Waals surface area contributed by atoms with Gasteiger partial charge in [0.05, 0.1) is 0 Å². The summed E-state index contributed by atoms with van der Waals surface area (Å²) in [5.41, 5.74) is 8.42. The zero-order chi connectivity index (χ0) is 13.0. The lowest BCUT2D eigenvalue weighted by Gasteiger charge is -2.34. The lowest BCUT2D eigenvalue weighted by molar-refractivity contribution is 0.296. The lowest BCUT2D eigenvalue weighted by Crippen LogP contribution is -2.44. The van der Waals surface area contributed by atoms with Gasteiger partial charge >= 0.3 is 0 Å². The van der Waals surface area contributed by atoms with Gasteiger partial charge in [-0.15, -0.1) is 0 Å². The number of nitrogens with one attached hydrogen (secondary N) is 1. The Morgan fingerprint density at radius 1 is 1.28 bits per heavy atom. The average Bonchev–Trinajstić information content (AvgIpc) is 2.34. The summed E-state index contributed by atoms with van der Waals surface area (Å²) in [4.78, 5) is 2.43. The maximum absolute atomic E-state index is 5.81. The summed E-state index contributed by atoms with van der Waals surface area (Å²) in [6.45, 7) is 7.66. The van der Waals surface area contributed by atoms with E-state index in [0.29, 0.717) is 12.1 Å². The van der Waals surface area contributed by atoms with E-state index in [1.165, 1.54) is 11.3 Å². The largest absolute Gasteiger partial charge is 0.382 e. The zero-order valence-corrected chi connectivity index (χ0v) is 11.5. The second-order valence-corrected chi connectivity index (χ2v) is 5.23. The molecule has 0 bridgehead atoms. The third kappa shape index (κ3) is 3.47. The second-order valence-electron chi connectivity index (χ2n) is 5.23. The van der Waals surface area contributed by atoms with Crippen molar-refractivity contribution in [1.82, 2.24) is 4.90 Å². The van der Waals surface area contributed by atoms with Gasteiger partial charge in [-0.2, -0.15) is 0 Å². The van der Waals surface area contributed by atoms with Crippen LogP contribution in [0.1, 0.15) is 32.3 Å². The molecular formula is C15H25N3. The van der Waals surface area contributed by atoms with E-state index in [2.05, 4.69) is 48.3 Å². The van der Waals surface area contributed by atoms with E-state index < -0.39 is 0 Å². The molecule has 3 heteroatoms.